The van der Waals surface area contributed by atoms with Crippen LogP contribution in [0.5, 0.6) is 0 Å². The summed E-state index contributed by atoms with van der Waals surface area (Å²) in [5.74, 6) is 1.21. The zero-order valence-electron chi connectivity index (χ0n) is 13.1. The van der Waals surface area contributed by atoms with Gasteiger partial charge in [-0.2, -0.15) is 0 Å². The molecule has 0 aromatic rings. The topological polar surface area (TPSA) is 37.3 Å². The number of hydrogen-bond donors (Lipinski definition) is 1. The summed E-state index contributed by atoms with van der Waals surface area (Å²) >= 11 is 0. The number of hydrogen-bond acceptors (Lipinski definition) is 2. The molecule has 0 heterocycles. The summed E-state index contributed by atoms with van der Waals surface area (Å²) in [5.41, 5.74) is 0. The Hall–Kier alpha value is -0.370. The van der Waals surface area contributed by atoms with Crippen molar-refractivity contribution in [2.75, 3.05) is 6.61 Å². The van der Waals surface area contributed by atoms with Crippen molar-refractivity contribution in [3.8, 4) is 0 Å². The lowest BCUT2D eigenvalue weighted by Crippen LogP contribution is -2.04. The van der Waals surface area contributed by atoms with Crippen molar-refractivity contribution in [1.82, 2.24) is 0 Å². The summed E-state index contributed by atoms with van der Waals surface area (Å²) in [6.07, 6.45) is 13.1. The fourth-order valence-corrected chi connectivity index (χ4v) is 2.50. The molecule has 0 aliphatic heterocycles. The van der Waals surface area contributed by atoms with E-state index >= 15 is 0 Å². The third-order valence-corrected chi connectivity index (χ3v) is 3.99. The zero-order valence-corrected chi connectivity index (χ0v) is 13.1. The quantitative estimate of drug-likeness (QED) is 0.456. The van der Waals surface area contributed by atoms with Gasteiger partial charge in [0, 0.05) is 19.4 Å². The van der Waals surface area contributed by atoms with Gasteiger partial charge < -0.3 is 5.11 Å². The molecule has 1 unspecified atom stereocenters. The molecule has 0 bridgehead atoms. The fourth-order valence-electron chi connectivity index (χ4n) is 2.50. The number of Topliss-reactive ketones (excluding diaryl/α,β-unsaturated/α-hetero) is 1. The first kappa shape index (κ1) is 18.6. The molecule has 0 aliphatic rings. The maximum Gasteiger partial charge on any atom is 0.132 e. The third-order valence-electron chi connectivity index (χ3n) is 3.99. The molecule has 0 aromatic heterocycles. The number of aliphatic hydroxyl groups is 1. The van der Waals surface area contributed by atoms with E-state index in [1.54, 1.807) is 0 Å². The monoisotopic (exact) mass is 270 g/mol. The number of carbonyl (C=O) groups excluding carboxylic acids is 1. The Kier molecular flexibility index (Phi) is 13.8. The summed E-state index contributed by atoms with van der Waals surface area (Å²) in [5, 5.41) is 8.66. The van der Waals surface area contributed by atoms with E-state index in [1.807, 2.05) is 0 Å². The second-order valence-corrected chi connectivity index (χ2v) is 5.74. The molecule has 0 radical (unpaired) electrons. The molecule has 0 amide bonds. The van der Waals surface area contributed by atoms with Gasteiger partial charge in [-0.3, -0.25) is 4.79 Å². The fraction of sp³-hybridized carbons (Fsp3) is 0.941. The Morgan fingerprint density at radius 3 is 2.21 bits per heavy atom. The molecular weight excluding hydrogens is 236 g/mol. The summed E-state index contributed by atoms with van der Waals surface area (Å²) in [6, 6.07) is 0. The minimum absolute atomic E-state index is 0.301. The van der Waals surface area contributed by atoms with E-state index in [2.05, 4.69) is 13.8 Å². The van der Waals surface area contributed by atoms with Gasteiger partial charge in [0.1, 0.15) is 5.78 Å². The van der Waals surface area contributed by atoms with E-state index in [1.165, 1.54) is 25.7 Å². The van der Waals surface area contributed by atoms with Crippen LogP contribution in [0, 0.1) is 5.92 Å². The summed E-state index contributed by atoms with van der Waals surface area (Å²) in [4.78, 5) is 11.8. The van der Waals surface area contributed by atoms with Crippen LogP contribution < -0.4 is 0 Å². The Balaban J connectivity index is 3.46. The predicted octanol–water partition coefficient (Wildman–Crippen LogP) is 4.89. The highest BCUT2D eigenvalue weighted by Gasteiger charge is 2.09. The molecule has 1 N–H and O–H groups in total. The van der Waals surface area contributed by atoms with E-state index in [9.17, 15) is 4.79 Å². The van der Waals surface area contributed by atoms with E-state index in [0.29, 0.717) is 12.4 Å². The maximum absolute atomic E-state index is 11.8. The van der Waals surface area contributed by atoms with Gasteiger partial charge in [0.05, 0.1) is 0 Å². The van der Waals surface area contributed by atoms with Crippen molar-refractivity contribution in [2.24, 2.45) is 5.92 Å². The number of aliphatic hydroxyl groups excluding tert-OH is 1. The predicted molar refractivity (Wildman–Crippen MR) is 82.3 cm³/mol. The average Bonchev–Trinajstić information content (AvgIpc) is 2.43. The lowest BCUT2D eigenvalue weighted by atomic mass is 9.92. The molecule has 0 rings (SSSR count). The van der Waals surface area contributed by atoms with Gasteiger partial charge in [0.25, 0.3) is 0 Å². The van der Waals surface area contributed by atoms with Gasteiger partial charge in [0.15, 0.2) is 0 Å². The second-order valence-electron chi connectivity index (χ2n) is 5.74. The minimum Gasteiger partial charge on any atom is -0.396 e. The normalized spacial score (nSPS) is 12.6. The standard InChI is InChI=1S/C17H34O2/c1-3-5-11-16(4-2)13-14-17(19)12-9-7-6-8-10-15-18/h16,18H,3-15H2,1-2H3. The van der Waals surface area contributed by atoms with Gasteiger partial charge in [-0.25, -0.2) is 0 Å². The van der Waals surface area contributed by atoms with Gasteiger partial charge >= 0.3 is 0 Å². The smallest absolute Gasteiger partial charge is 0.132 e. The summed E-state index contributed by atoms with van der Waals surface area (Å²) in [6.45, 7) is 4.77. The van der Waals surface area contributed by atoms with Crippen LogP contribution in [-0.2, 0) is 4.79 Å². The highest BCUT2D eigenvalue weighted by molar-refractivity contribution is 5.78. The highest BCUT2D eigenvalue weighted by atomic mass is 16.2. The largest absolute Gasteiger partial charge is 0.396 e. The third kappa shape index (κ3) is 12.4. The van der Waals surface area contributed by atoms with Gasteiger partial charge in [-0.15, -0.1) is 0 Å². The molecule has 19 heavy (non-hydrogen) atoms. The Labute approximate surface area is 120 Å². The van der Waals surface area contributed by atoms with Crippen LogP contribution in [0.3, 0.4) is 0 Å². The molecule has 0 aromatic carbocycles. The molecular formula is C17H34O2. The molecule has 1 atom stereocenters. The maximum atomic E-state index is 11.8. The number of carbonyl (C=O) groups is 1. The van der Waals surface area contributed by atoms with Crippen LogP contribution in [0.1, 0.15) is 90.9 Å². The van der Waals surface area contributed by atoms with Crippen molar-refractivity contribution >= 4 is 5.78 Å². The molecule has 0 saturated heterocycles. The van der Waals surface area contributed by atoms with E-state index in [-0.39, 0.29) is 0 Å². The molecule has 2 heteroatoms. The van der Waals surface area contributed by atoms with Gasteiger partial charge in [0.2, 0.25) is 0 Å². The lowest BCUT2D eigenvalue weighted by Gasteiger charge is -2.13. The first-order chi connectivity index (χ1) is 9.24. The Bertz CT molecular complexity index is 201. The van der Waals surface area contributed by atoms with Crippen LogP contribution in [-0.4, -0.2) is 17.5 Å². The first-order valence-electron chi connectivity index (χ1n) is 8.37. The van der Waals surface area contributed by atoms with E-state index in [4.69, 9.17) is 5.11 Å². The number of unbranched alkanes of at least 4 members (excludes halogenated alkanes) is 5. The number of ketones is 1. The van der Waals surface area contributed by atoms with Crippen molar-refractivity contribution in [3.05, 3.63) is 0 Å². The van der Waals surface area contributed by atoms with Crippen molar-refractivity contribution in [1.29, 1.82) is 0 Å². The van der Waals surface area contributed by atoms with Crippen molar-refractivity contribution in [2.45, 2.75) is 90.9 Å². The van der Waals surface area contributed by atoms with Crippen LogP contribution >= 0.6 is 0 Å². The molecule has 0 saturated carbocycles. The van der Waals surface area contributed by atoms with Crippen LogP contribution in [0.25, 0.3) is 0 Å². The molecule has 2 nitrogen and oxygen atoms in total. The highest BCUT2D eigenvalue weighted by Crippen LogP contribution is 2.19. The Morgan fingerprint density at radius 2 is 1.58 bits per heavy atom. The van der Waals surface area contributed by atoms with Crippen LogP contribution in [0.2, 0.25) is 0 Å². The lowest BCUT2D eigenvalue weighted by molar-refractivity contribution is -0.119. The molecule has 0 aliphatic carbocycles. The van der Waals surface area contributed by atoms with Crippen LogP contribution in [0.15, 0.2) is 0 Å². The minimum atomic E-state index is 0.301. The van der Waals surface area contributed by atoms with E-state index in [0.717, 1.165) is 57.3 Å². The molecule has 0 spiro atoms. The summed E-state index contributed by atoms with van der Waals surface area (Å²) < 4.78 is 0. The molecule has 114 valence electrons. The van der Waals surface area contributed by atoms with Gasteiger partial charge in [-0.05, 0) is 25.2 Å². The van der Waals surface area contributed by atoms with Crippen molar-refractivity contribution < 1.29 is 9.90 Å². The molecule has 0 fully saturated rings. The van der Waals surface area contributed by atoms with Crippen molar-refractivity contribution in [3.63, 3.8) is 0 Å². The summed E-state index contributed by atoms with van der Waals surface area (Å²) in [7, 11) is 0. The average molecular weight is 270 g/mol. The second kappa shape index (κ2) is 14.0. The van der Waals surface area contributed by atoms with Gasteiger partial charge in [-0.1, -0.05) is 58.8 Å². The SMILES string of the molecule is CCCCC(CC)CCC(=O)CCCCCCCO. The Morgan fingerprint density at radius 1 is 0.895 bits per heavy atom. The van der Waals surface area contributed by atoms with E-state index < -0.39 is 0 Å². The van der Waals surface area contributed by atoms with Crippen LogP contribution in [0.4, 0.5) is 0 Å². The zero-order chi connectivity index (χ0) is 14.3. The first-order valence-corrected chi connectivity index (χ1v) is 8.37. The number of rotatable bonds is 14.